The van der Waals surface area contributed by atoms with E-state index < -0.39 is 0 Å². The number of nitrogens with zero attached hydrogens (tertiary/aromatic N) is 1. The lowest BCUT2D eigenvalue weighted by Gasteiger charge is -1.94. The maximum Gasteiger partial charge on any atom is 0.0939 e. The van der Waals surface area contributed by atoms with Crippen molar-refractivity contribution >= 4 is 33.2 Å². The molecular weight excluding hydrogens is 228 g/mol. The molecule has 15 heavy (non-hydrogen) atoms. The van der Waals surface area contributed by atoms with Crippen LogP contribution in [-0.2, 0) is 6.42 Å². The molecule has 0 atom stereocenters. The van der Waals surface area contributed by atoms with E-state index in [1.54, 1.807) is 11.3 Å². The fraction of sp³-hybridized carbons (Fsp3) is 0.364. The zero-order valence-corrected chi connectivity index (χ0v) is 10.2. The molecule has 0 radical (unpaired) electrons. The molecular formula is C11H13ClN2S. The molecule has 2 rings (SSSR count). The first-order valence-corrected chi connectivity index (χ1v) is 6.18. The highest BCUT2D eigenvalue weighted by Crippen LogP contribution is 2.25. The fourth-order valence-electron chi connectivity index (χ4n) is 1.47. The zero-order valence-electron chi connectivity index (χ0n) is 8.59. The van der Waals surface area contributed by atoms with Crippen molar-refractivity contribution in [3.63, 3.8) is 0 Å². The summed E-state index contributed by atoms with van der Waals surface area (Å²) in [5.41, 5.74) is 1.06. The first-order chi connectivity index (χ1) is 7.29. The van der Waals surface area contributed by atoms with Crippen molar-refractivity contribution in [3.8, 4) is 0 Å². The van der Waals surface area contributed by atoms with Crippen LogP contribution in [0.4, 0.5) is 0 Å². The topological polar surface area (TPSA) is 24.9 Å². The zero-order chi connectivity index (χ0) is 10.7. The number of benzene rings is 1. The molecule has 80 valence electrons. The lowest BCUT2D eigenvalue weighted by molar-refractivity contribution is 0.723. The number of aryl methyl sites for hydroxylation is 1. The summed E-state index contributed by atoms with van der Waals surface area (Å²) in [6.07, 6.45) is 2.17. The molecule has 2 aromatic rings. The molecule has 0 aliphatic carbocycles. The third-order valence-electron chi connectivity index (χ3n) is 2.21. The molecule has 0 spiro atoms. The Labute approximate surface area is 98.3 Å². The first kappa shape index (κ1) is 10.9. The van der Waals surface area contributed by atoms with Crippen molar-refractivity contribution in [2.45, 2.75) is 12.8 Å². The Morgan fingerprint density at radius 2 is 2.33 bits per heavy atom. The molecule has 0 unspecified atom stereocenters. The third-order valence-corrected chi connectivity index (χ3v) is 3.53. The van der Waals surface area contributed by atoms with Crippen LogP contribution >= 0.6 is 22.9 Å². The van der Waals surface area contributed by atoms with E-state index in [2.05, 4.69) is 10.3 Å². The van der Waals surface area contributed by atoms with Gasteiger partial charge >= 0.3 is 0 Å². The van der Waals surface area contributed by atoms with Gasteiger partial charge in [-0.1, -0.05) is 11.6 Å². The van der Waals surface area contributed by atoms with E-state index in [1.807, 2.05) is 25.2 Å². The molecule has 0 fully saturated rings. The van der Waals surface area contributed by atoms with Crippen LogP contribution in [0.1, 0.15) is 11.4 Å². The van der Waals surface area contributed by atoms with Gasteiger partial charge in [0.05, 0.1) is 15.2 Å². The van der Waals surface area contributed by atoms with Gasteiger partial charge < -0.3 is 5.32 Å². The van der Waals surface area contributed by atoms with Gasteiger partial charge in [0.15, 0.2) is 0 Å². The minimum atomic E-state index is 0.785. The summed E-state index contributed by atoms with van der Waals surface area (Å²) in [6.45, 7) is 1.04. The summed E-state index contributed by atoms with van der Waals surface area (Å²) in [4.78, 5) is 4.56. The molecule has 2 nitrogen and oxygen atoms in total. The lowest BCUT2D eigenvalue weighted by atomic mass is 10.3. The van der Waals surface area contributed by atoms with E-state index in [9.17, 15) is 0 Å². The normalized spacial score (nSPS) is 11.1. The molecule has 1 aromatic carbocycles. The molecule has 4 heteroatoms. The monoisotopic (exact) mass is 240 g/mol. The van der Waals surface area contributed by atoms with E-state index >= 15 is 0 Å². The van der Waals surface area contributed by atoms with Crippen LogP contribution in [0.3, 0.4) is 0 Å². The van der Waals surface area contributed by atoms with Crippen molar-refractivity contribution in [3.05, 3.63) is 28.2 Å². The van der Waals surface area contributed by atoms with E-state index in [1.165, 1.54) is 9.71 Å². The highest BCUT2D eigenvalue weighted by molar-refractivity contribution is 7.18. The Hall–Kier alpha value is -0.640. The molecule has 1 heterocycles. The summed E-state index contributed by atoms with van der Waals surface area (Å²) < 4.78 is 1.18. The quantitative estimate of drug-likeness (QED) is 0.831. The van der Waals surface area contributed by atoms with Crippen LogP contribution in [0, 0.1) is 0 Å². The second-order valence-corrected chi connectivity index (χ2v) is 4.98. The van der Waals surface area contributed by atoms with Gasteiger partial charge in [-0.3, -0.25) is 0 Å². The number of halogens is 1. The third kappa shape index (κ3) is 2.68. The van der Waals surface area contributed by atoms with Crippen molar-refractivity contribution in [2.75, 3.05) is 13.6 Å². The van der Waals surface area contributed by atoms with Crippen LogP contribution in [0.2, 0.25) is 5.02 Å². The van der Waals surface area contributed by atoms with Crippen LogP contribution in [0.25, 0.3) is 10.2 Å². The minimum absolute atomic E-state index is 0.785. The first-order valence-electron chi connectivity index (χ1n) is 4.99. The number of rotatable bonds is 4. The predicted molar refractivity (Wildman–Crippen MR) is 66.9 cm³/mol. The van der Waals surface area contributed by atoms with Gasteiger partial charge in [0.1, 0.15) is 0 Å². The highest BCUT2D eigenvalue weighted by Gasteiger charge is 2.03. The van der Waals surface area contributed by atoms with Gasteiger partial charge in [-0.2, -0.15) is 0 Å². The Kier molecular flexibility index (Phi) is 3.57. The van der Waals surface area contributed by atoms with E-state index in [0.717, 1.165) is 29.9 Å². The van der Waals surface area contributed by atoms with Crippen molar-refractivity contribution in [1.29, 1.82) is 0 Å². The van der Waals surface area contributed by atoms with Gasteiger partial charge in [-0.05, 0) is 38.2 Å². The van der Waals surface area contributed by atoms with Crippen molar-refractivity contribution < 1.29 is 0 Å². The largest absolute Gasteiger partial charge is 0.320 e. The summed E-state index contributed by atoms with van der Waals surface area (Å²) in [5, 5.41) is 5.12. The number of nitrogens with one attached hydrogen (secondary N) is 1. The summed E-state index contributed by atoms with van der Waals surface area (Å²) >= 11 is 7.66. The highest BCUT2D eigenvalue weighted by atomic mass is 35.5. The smallest absolute Gasteiger partial charge is 0.0939 e. The Balaban J connectivity index is 2.16. The molecule has 0 saturated carbocycles. The standard InChI is InChI=1S/C11H13ClN2S/c1-13-6-2-3-11-14-9-5-4-8(12)7-10(9)15-11/h4-5,7,13H,2-3,6H2,1H3. The number of aromatic nitrogens is 1. The van der Waals surface area contributed by atoms with Gasteiger partial charge in [0, 0.05) is 11.4 Å². The van der Waals surface area contributed by atoms with E-state index in [-0.39, 0.29) is 0 Å². The van der Waals surface area contributed by atoms with Gasteiger partial charge in [0.2, 0.25) is 0 Å². The van der Waals surface area contributed by atoms with Gasteiger partial charge in [-0.15, -0.1) is 11.3 Å². The Bertz CT molecular complexity index is 453. The molecule has 0 aliphatic heterocycles. The summed E-state index contributed by atoms with van der Waals surface area (Å²) in [6, 6.07) is 5.85. The van der Waals surface area contributed by atoms with Gasteiger partial charge in [-0.25, -0.2) is 4.98 Å². The second-order valence-electron chi connectivity index (χ2n) is 3.43. The van der Waals surface area contributed by atoms with E-state index in [0.29, 0.717) is 0 Å². The average molecular weight is 241 g/mol. The maximum atomic E-state index is 5.92. The summed E-state index contributed by atoms with van der Waals surface area (Å²) in [7, 11) is 1.97. The molecule has 0 bridgehead atoms. The molecule has 1 aromatic heterocycles. The van der Waals surface area contributed by atoms with Crippen LogP contribution in [0.15, 0.2) is 18.2 Å². The molecule has 0 amide bonds. The van der Waals surface area contributed by atoms with E-state index in [4.69, 9.17) is 11.6 Å². The maximum absolute atomic E-state index is 5.92. The molecule has 0 saturated heterocycles. The van der Waals surface area contributed by atoms with Crippen molar-refractivity contribution in [1.82, 2.24) is 10.3 Å². The lowest BCUT2D eigenvalue weighted by Crippen LogP contribution is -2.08. The fourth-order valence-corrected chi connectivity index (χ4v) is 2.75. The Morgan fingerprint density at radius 1 is 1.47 bits per heavy atom. The van der Waals surface area contributed by atoms with Crippen LogP contribution < -0.4 is 5.32 Å². The van der Waals surface area contributed by atoms with Crippen LogP contribution in [0.5, 0.6) is 0 Å². The number of hydrogen-bond donors (Lipinski definition) is 1. The number of fused-ring (bicyclic) bond motifs is 1. The van der Waals surface area contributed by atoms with Crippen molar-refractivity contribution in [2.24, 2.45) is 0 Å². The Morgan fingerprint density at radius 3 is 3.13 bits per heavy atom. The SMILES string of the molecule is CNCCCc1nc2ccc(Cl)cc2s1. The average Bonchev–Trinajstić information content (AvgIpc) is 2.60. The summed E-state index contributed by atoms with van der Waals surface area (Å²) in [5.74, 6) is 0. The number of hydrogen-bond acceptors (Lipinski definition) is 3. The predicted octanol–water partition coefficient (Wildman–Crippen LogP) is 3.10. The molecule has 0 aliphatic rings. The second kappa shape index (κ2) is 4.92. The van der Waals surface area contributed by atoms with Crippen LogP contribution in [-0.4, -0.2) is 18.6 Å². The molecule has 1 N–H and O–H groups in total. The minimum Gasteiger partial charge on any atom is -0.320 e. The number of thiazole rings is 1. The van der Waals surface area contributed by atoms with Gasteiger partial charge in [0.25, 0.3) is 0 Å².